The van der Waals surface area contributed by atoms with Crippen LogP contribution in [0.1, 0.15) is 42.3 Å². The standard InChI is InChI=1S/C18H16O6/c1-6-5-8(19)15-10-9(6)16-12(18(3,4)7(2)23-16)13(20)11(10)14(21)17(22)24-15/h5,7,19-20H,1-4H3/t7-/m0/s1. The Morgan fingerprint density at radius 2 is 1.79 bits per heavy atom. The molecule has 0 saturated heterocycles. The third-order valence-corrected chi connectivity index (χ3v) is 5.20. The van der Waals surface area contributed by atoms with Crippen LogP contribution in [-0.4, -0.2) is 28.1 Å². The number of ether oxygens (including phenoxy) is 2. The molecule has 0 amide bonds. The summed E-state index contributed by atoms with van der Waals surface area (Å²) in [6.45, 7) is 7.46. The van der Waals surface area contributed by atoms with Crippen LogP contribution < -0.4 is 9.47 Å². The van der Waals surface area contributed by atoms with Crippen LogP contribution in [0.15, 0.2) is 6.07 Å². The number of ketones is 1. The van der Waals surface area contributed by atoms with Gasteiger partial charge in [0.15, 0.2) is 11.5 Å². The minimum absolute atomic E-state index is 0.116. The van der Waals surface area contributed by atoms with Crippen LogP contribution in [0.3, 0.4) is 0 Å². The van der Waals surface area contributed by atoms with E-state index in [-0.39, 0.29) is 34.3 Å². The van der Waals surface area contributed by atoms with E-state index < -0.39 is 17.2 Å². The topological polar surface area (TPSA) is 93.1 Å². The number of hydrogen-bond acceptors (Lipinski definition) is 6. The van der Waals surface area contributed by atoms with Crippen molar-refractivity contribution in [3.05, 3.63) is 22.8 Å². The molecule has 1 atom stereocenters. The lowest BCUT2D eigenvalue weighted by atomic mass is 9.78. The van der Waals surface area contributed by atoms with E-state index in [2.05, 4.69) is 0 Å². The van der Waals surface area contributed by atoms with Crippen LogP contribution in [0.25, 0.3) is 10.8 Å². The van der Waals surface area contributed by atoms with Gasteiger partial charge in [-0.05, 0) is 25.5 Å². The summed E-state index contributed by atoms with van der Waals surface area (Å²) in [4.78, 5) is 24.3. The molecule has 124 valence electrons. The van der Waals surface area contributed by atoms with Gasteiger partial charge in [-0.15, -0.1) is 0 Å². The largest absolute Gasteiger partial charge is 0.507 e. The number of phenols is 2. The Labute approximate surface area is 137 Å². The van der Waals surface area contributed by atoms with E-state index in [1.54, 1.807) is 6.92 Å². The number of hydrogen-bond donors (Lipinski definition) is 2. The van der Waals surface area contributed by atoms with Crippen molar-refractivity contribution >= 4 is 22.5 Å². The first-order valence-electron chi connectivity index (χ1n) is 7.65. The van der Waals surface area contributed by atoms with Gasteiger partial charge in [-0.1, -0.05) is 13.8 Å². The molecule has 2 aromatic rings. The highest BCUT2D eigenvalue weighted by Gasteiger charge is 2.47. The Bertz CT molecular complexity index is 970. The Kier molecular flexibility index (Phi) is 2.59. The highest BCUT2D eigenvalue weighted by molar-refractivity contribution is 6.46. The Morgan fingerprint density at radius 1 is 1.12 bits per heavy atom. The minimum atomic E-state index is -1.12. The lowest BCUT2D eigenvalue weighted by Gasteiger charge is -2.25. The monoisotopic (exact) mass is 328 g/mol. The molecule has 2 N–H and O–H groups in total. The molecule has 2 aliphatic heterocycles. The minimum Gasteiger partial charge on any atom is -0.507 e. The maximum Gasteiger partial charge on any atom is 0.385 e. The fourth-order valence-corrected chi connectivity index (χ4v) is 3.60. The van der Waals surface area contributed by atoms with Crippen LogP contribution in [0, 0.1) is 6.92 Å². The fraction of sp³-hybridized carbons (Fsp3) is 0.333. The first kappa shape index (κ1) is 14.8. The molecular formula is C18H16O6. The second kappa shape index (κ2) is 4.20. The van der Waals surface area contributed by atoms with Gasteiger partial charge in [0, 0.05) is 21.8 Å². The number of Topliss-reactive ketones (excluding diaryl/α,β-unsaturated/α-hetero) is 1. The smallest absolute Gasteiger partial charge is 0.385 e. The zero-order chi connectivity index (χ0) is 17.5. The number of carbonyl (C=O) groups is 2. The molecule has 0 fully saturated rings. The number of aryl methyl sites for hydroxylation is 1. The van der Waals surface area contributed by atoms with E-state index in [1.807, 2.05) is 20.8 Å². The molecule has 0 bridgehead atoms. The first-order chi connectivity index (χ1) is 11.2. The van der Waals surface area contributed by atoms with Gasteiger partial charge >= 0.3 is 5.97 Å². The molecular weight excluding hydrogens is 312 g/mol. The van der Waals surface area contributed by atoms with Crippen molar-refractivity contribution < 1.29 is 29.3 Å². The van der Waals surface area contributed by atoms with E-state index in [0.29, 0.717) is 22.3 Å². The predicted octanol–water partition coefficient (Wildman–Crippen LogP) is 2.72. The van der Waals surface area contributed by atoms with Gasteiger partial charge in [-0.2, -0.15) is 0 Å². The summed E-state index contributed by atoms with van der Waals surface area (Å²) in [5.74, 6) is -2.23. The lowest BCUT2D eigenvalue weighted by Crippen LogP contribution is -2.29. The Morgan fingerprint density at radius 3 is 2.46 bits per heavy atom. The van der Waals surface area contributed by atoms with Crippen molar-refractivity contribution in [2.75, 3.05) is 0 Å². The Hall–Kier alpha value is -2.76. The number of esters is 1. The van der Waals surface area contributed by atoms with Crippen molar-refractivity contribution in [2.45, 2.75) is 39.2 Å². The molecule has 0 radical (unpaired) electrons. The molecule has 0 unspecified atom stereocenters. The average molecular weight is 328 g/mol. The van der Waals surface area contributed by atoms with Gasteiger partial charge in [-0.3, -0.25) is 4.79 Å². The summed E-state index contributed by atoms with van der Waals surface area (Å²) >= 11 is 0. The third kappa shape index (κ3) is 1.50. The molecule has 6 heteroatoms. The molecule has 6 nitrogen and oxygen atoms in total. The van der Waals surface area contributed by atoms with Gasteiger partial charge in [0.2, 0.25) is 0 Å². The van der Waals surface area contributed by atoms with Gasteiger partial charge in [0.1, 0.15) is 17.6 Å². The third-order valence-electron chi connectivity index (χ3n) is 5.20. The predicted molar refractivity (Wildman–Crippen MR) is 85.1 cm³/mol. The van der Waals surface area contributed by atoms with Crippen molar-refractivity contribution in [1.29, 1.82) is 0 Å². The maximum atomic E-state index is 12.4. The summed E-state index contributed by atoms with van der Waals surface area (Å²) in [5, 5.41) is 21.7. The Balaban J connectivity index is 2.30. The molecule has 2 aliphatic rings. The molecule has 0 saturated carbocycles. The normalized spacial score (nSPS) is 20.8. The van der Waals surface area contributed by atoms with Crippen LogP contribution in [0.5, 0.6) is 23.0 Å². The number of phenolic OH excluding ortho intramolecular Hbond substituents is 2. The van der Waals surface area contributed by atoms with Crippen LogP contribution in [-0.2, 0) is 10.2 Å². The first-order valence-corrected chi connectivity index (χ1v) is 7.65. The van der Waals surface area contributed by atoms with Gasteiger partial charge < -0.3 is 19.7 Å². The molecule has 2 aromatic carbocycles. The number of aromatic hydroxyl groups is 2. The maximum absolute atomic E-state index is 12.4. The van der Waals surface area contributed by atoms with Crippen molar-refractivity contribution in [3.63, 3.8) is 0 Å². The number of carbonyl (C=O) groups excluding carboxylic acids is 2. The zero-order valence-electron chi connectivity index (χ0n) is 13.7. The van der Waals surface area contributed by atoms with Gasteiger partial charge in [0.05, 0.1) is 5.56 Å². The SMILES string of the molecule is Cc1cc(O)c2c3c(c(O)c4c(c13)O[C@@H](C)C4(C)C)C(=O)C(=O)O2. The van der Waals surface area contributed by atoms with Crippen molar-refractivity contribution in [3.8, 4) is 23.0 Å². The molecule has 4 rings (SSSR count). The van der Waals surface area contributed by atoms with Crippen LogP contribution in [0.4, 0.5) is 0 Å². The zero-order valence-corrected chi connectivity index (χ0v) is 13.7. The van der Waals surface area contributed by atoms with Crippen molar-refractivity contribution in [2.24, 2.45) is 0 Å². The summed E-state index contributed by atoms with van der Waals surface area (Å²) < 4.78 is 11.0. The van der Waals surface area contributed by atoms with Crippen LogP contribution in [0.2, 0.25) is 0 Å². The highest BCUT2D eigenvalue weighted by atomic mass is 16.5. The molecule has 2 heterocycles. The molecule has 0 aliphatic carbocycles. The molecule has 0 aromatic heterocycles. The second-order valence-electron chi connectivity index (χ2n) is 6.92. The van der Waals surface area contributed by atoms with Crippen molar-refractivity contribution in [1.82, 2.24) is 0 Å². The highest BCUT2D eigenvalue weighted by Crippen LogP contribution is 2.57. The van der Waals surface area contributed by atoms with E-state index in [9.17, 15) is 19.8 Å². The fourth-order valence-electron chi connectivity index (χ4n) is 3.60. The summed E-state index contributed by atoms with van der Waals surface area (Å²) in [7, 11) is 0. The molecule has 24 heavy (non-hydrogen) atoms. The summed E-state index contributed by atoms with van der Waals surface area (Å²) in [5.41, 5.74) is 0.496. The second-order valence-corrected chi connectivity index (χ2v) is 6.92. The summed E-state index contributed by atoms with van der Waals surface area (Å²) in [6, 6.07) is 1.46. The number of rotatable bonds is 0. The van der Waals surface area contributed by atoms with E-state index in [1.165, 1.54) is 6.07 Å². The summed E-state index contributed by atoms with van der Waals surface area (Å²) in [6.07, 6.45) is -0.235. The number of fused-ring (bicyclic) bond motifs is 2. The molecule has 0 spiro atoms. The van der Waals surface area contributed by atoms with E-state index in [0.717, 1.165) is 0 Å². The van der Waals surface area contributed by atoms with Crippen LogP contribution >= 0.6 is 0 Å². The van der Waals surface area contributed by atoms with Gasteiger partial charge in [-0.25, -0.2) is 4.79 Å². The van der Waals surface area contributed by atoms with E-state index >= 15 is 0 Å². The lowest BCUT2D eigenvalue weighted by molar-refractivity contribution is -0.129. The van der Waals surface area contributed by atoms with Gasteiger partial charge in [0.25, 0.3) is 5.78 Å². The van der Waals surface area contributed by atoms with E-state index in [4.69, 9.17) is 9.47 Å². The average Bonchev–Trinajstić information content (AvgIpc) is 2.71. The number of benzene rings is 2. The quantitative estimate of drug-likeness (QED) is 0.439.